The molecule has 110 valence electrons. The van der Waals surface area contributed by atoms with Crippen LogP contribution in [-0.4, -0.2) is 38.8 Å². The van der Waals surface area contributed by atoms with Crippen molar-refractivity contribution >= 4 is 11.8 Å². The molecule has 0 bridgehead atoms. The maximum atomic E-state index is 10.6. The first-order valence-corrected chi connectivity index (χ1v) is 6.66. The Morgan fingerprint density at radius 2 is 1.95 bits per heavy atom. The summed E-state index contributed by atoms with van der Waals surface area (Å²) in [5, 5.41) is 21.5. The Hall–Kier alpha value is -2.47. The van der Waals surface area contributed by atoms with Gasteiger partial charge in [-0.25, -0.2) is 14.8 Å². The summed E-state index contributed by atoms with van der Waals surface area (Å²) in [7, 11) is 0. The van der Waals surface area contributed by atoms with Gasteiger partial charge in [0.2, 0.25) is 0 Å². The number of rotatable bonds is 7. The van der Waals surface area contributed by atoms with Gasteiger partial charge in [0, 0.05) is 6.54 Å². The number of anilines is 1. The standard InChI is InChI=1S/C15H17N3O3/c19-12(7-6-11-4-2-1-3-5-11)8-17-14-10-16-13(9-18-14)15(20)21/h1-5,9-10,12,19H,6-8H2,(H,17,18)(H,20,21). The largest absolute Gasteiger partial charge is 0.476 e. The SMILES string of the molecule is O=C(O)c1cnc(NCC(O)CCc2ccccc2)cn1. The minimum absolute atomic E-state index is 0.106. The van der Waals surface area contributed by atoms with E-state index in [1.54, 1.807) is 0 Å². The predicted octanol–water partition coefficient (Wildman–Crippen LogP) is 1.58. The third-order valence-electron chi connectivity index (χ3n) is 3.00. The number of benzene rings is 1. The van der Waals surface area contributed by atoms with E-state index >= 15 is 0 Å². The van der Waals surface area contributed by atoms with Crippen LogP contribution in [0.25, 0.3) is 0 Å². The maximum absolute atomic E-state index is 10.6. The molecule has 6 nitrogen and oxygen atoms in total. The van der Waals surface area contributed by atoms with Crippen LogP contribution in [0.4, 0.5) is 5.82 Å². The van der Waals surface area contributed by atoms with E-state index in [1.165, 1.54) is 18.0 Å². The molecule has 0 spiro atoms. The summed E-state index contributed by atoms with van der Waals surface area (Å²) < 4.78 is 0. The predicted molar refractivity (Wildman–Crippen MR) is 78.3 cm³/mol. The lowest BCUT2D eigenvalue weighted by Crippen LogP contribution is -2.20. The molecule has 2 rings (SSSR count). The zero-order chi connectivity index (χ0) is 15.1. The topological polar surface area (TPSA) is 95.3 Å². The molecule has 1 unspecified atom stereocenters. The van der Waals surface area contributed by atoms with Crippen LogP contribution in [-0.2, 0) is 6.42 Å². The Morgan fingerprint density at radius 3 is 2.57 bits per heavy atom. The average molecular weight is 287 g/mol. The molecule has 0 saturated heterocycles. The lowest BCUT2D eigenvalue weighted by atomic mass is 10.1. The minimum Gasteiger partial charge on any atom is -0.476 e. The van der Waals surface area contributed by atoms with Crippen molar-refractivity contribution in [1.82, 2.24) is 9.97 Å². The van der Waals surface area contributed by atoms with E-state index in [2.05, 4.69) is 15.3 Å². The Bertz CT molecular complexity index is 572. The Morgan fingerprint density at radius 1 is 1.19 bits per heavy atom. The van der Waals surface area contributed by atoms with Gasteiger partial charge in [-0.1, -0.05) is 30.3 Å². The number of carboxylic acid groups (broad SMARTS) is 1. The monoisotopic (exact) mass is 287 g/mol. The second kappa shape index (κ2) is 7.35. The van der Waals surface area contributed by atoms with Crippen LogP contribution in [0.2, 0.25) is 0 Å². The summed E-state index contributed by atoms with van der Waals surface area (Å²) >= 11 is 0. The van der Waals surface area contributed by atoms with Crippen LogP contribution in [0, 0.1) is 0 Å². The number of hydrogen-bond acceptors (Lipinski definition) is 5. The number of carbonyl (C=O) groups is 1. The summed E-state index contributed by atoms with van der Waals surface area (Å²) in [5.41, 5.74) is 1.08. The summed E-state index contributed by atoms with van der Waals surface area (Å²) in [4.78, 5) is 18.3. The fraction of sp³-hybridized carbons (Fsp3) is 0.267. The molecule has 21 heavy (non-hydrogen) atoms. The molecular formula is C15H17N3O3. The van der Waals surface area contributed by atoms with Gasteiger partial charge >= 0.3 is 5.97 Å². The Labute approximate surface area is 122 Å². The van der Waals surface area contributed by atoms with Gasteiger partial charge in [-0.05, 0) is 18.4 Å². The van der Waals surface area contributed by atoms with E-state index < -0.39 is 12.1 Å². The van der Waals surface area contributed by atoms with Crippen molar-refractivity contribution < 1.29 is 15.0 Å². The number of aliphatic hydroxyl groups excluding tert-OH is 1. The molecule has 1 aromatic carbocycles. The number of aliphatic hydroxyl groups is 1. The molecular weight excluding hydrogens is 270 g/mol. The molecule has 1 aromatic heterocycles. The lowest BCUT2D eigenvalue weighted by molar-refractivity contribution is 0.0690. The molecule has 1 atom stereocenters. The molecule has 1 heterocycles. The molecule has 0 fully saturated rings. The van der Waals surface area contributed by atoms with Crippen LogP contribution in [0.3, 0.4) is 0 Å². The van der Waals surface area contributed by atoms with Gasteiger partial charge in [0.1, 0.15) is 5.82 Å². The highest BCUT2D eigenvalue weighted by atomic mass is 16.4. The summed E-state index contributed by atoms with van der Waals surface area (Å²) in [6.45, 7) is 0.341. The fourth-order valence-electron chi connectivity index (χ4n) is 1.83. The number of nitrogens with zero attached hydrogens (tertiary/aromatic N) is 2. The van der Waals surface area contributed by atoms with Crippen molar-refractivity contribution in [3.8, 4) is 0 Å². The van der Waals surface area contributed by atoms with Gasteiger partial charge in [-0.3, -0.25) is 0 Å². The Kier molecular flexibility index (Phi) is 5.22. The maximum Gasteiger partial charge on any atom is 0.356 e. The third kappa shape index (κ3) is 4.85. The first-order valence-electron chi connectivity index (χ1n) is 6.66. The van der Waals surface area contributed by atoms with Gasteiger partial charge in [-0.15, -0.1) is 0 Å². The van der Waals surface area contributed by atoms with E-state index in [-0.39, 0.29) is 5.69 Å². The van der Waals surface area contributed by atoms with Crippen LogP contribution in [0.15, 0.2) is 42.7 Å². The van der Waals surface area contributed by atoms with Crippen molar-refractivity contribution in [2.45, 2.75) is 18.9 Å². The zero-order valence-corrected chi connectivity index (χ0v) is 11.4. The summed E-state index contributed by atoms with van der Waals surface area (Å²) in [6.07, 6.45) is 3.45. The number of carboxylic acids is 1. The molecule has 0 amide bonds. The van der Waals surface area contributed by atoms with Crippen LogP contribution >= 0.6 is 0 Å². The third-order valence-corrected chi connectivity index (χ3v) is 3.00. The number of hydrogen-bond donors (Lipinski definition) is 3. The van der Waals surface area contributed by atoms with Crippen molar-refractivity contribution in [1.29, 1.82) is 0 Å². The Balaban J connectivity index is 1.75. The zero-order valence-electron chi connectivity index (χ0n) is 11.4. The summed E-state index contributed by atoms with van der Waals surface area (Å²) in [5.74, 6) is -0.671. The van der Waals surface area contributed by atoms with Crippen LogP contribution in [0.1, 0.15) is 22.5 Å². The highest BCUT2D eigenvalue weighted by Gasteiger charge is 2.07. The molecule has 2 aromatic rings. The van der Waals surface area contributed by atoms with Gasteiger partial charge in [0.15, 0.2) is 5.69 Å². The molecule has 0 aliphatic rings. The fourth-order valence-corrected chi connectivity index (χ4v) is 1.83. The normalized spacial score (nSPS) is 11.9. The van der Waals surface area contributed by atoms with E-state index in [0.717, 1.165) is 6.42 Å². The molecule has 0 aliphatic heterocycles. The quantitative estimate of drug-likeness (QED) is 0.715. The number of aromatic nitrogens is 2. The molecule has 0 radical (unpaired) electrons. The molecule has 6 heteroatoms. The first-order chi connectivity index (χ1) is 10.1. The van der Waals surface area contributed by atoms with E-state index in [4.69, 9.17) is 5.11 Å². The molecule has 0 saturated carbocycles. The van der Waals surface area contributed by atoms with Gasteiger partial charge < -0.3 is 15.5 Å². The molecule has 3 N–H and O–H groups in total. The average Bonchev–Trinajstić information content (AvgIpc) is 2.52. The van der Waals surface area contributed by atoms with Gasteiger partial charge in [0.05, 0.1) is 18.5 Å². The summed E-state index contributed by atoms with van der Waals surface area (Å²) in [6, 6.07) is 9.95. The number of aryl methyl sites for hydroxylation is 1. The van der Waals surface area contributed by atoms with Crippen LogP contribution < -0.4 is 5.32 Å². The highest BCUT2D eigenvalue weighted by Crippen LogP contribution is 2.06. The van der Waals surface area contributed by atoms with Crippen molar-refractivity contribution in [3.63, 3.8) is 0 Å². The number of nitrogens with one attached hydrogen (secondary N) is 1. The highest BCUT2D eigenvalue weighted by molar-refractivity contribution is 5.84. The van der Waals surface area contributed by atoms with Crippen LogP contribution in [0.5, 0.6) is 0 Å². The van der Waals surface area contributed by atoms with Crippen molar-refractivity contribution in [3.05, 3.63) is 54.0 Å². The lowest BCUT2D eigenvalue weighted by Gasteiger charge is -2.12. The van der Waals surface area contributed by atoms with Gasteiger partial charge in [-0.2, -0.15) is 0 Å². The second-order valence-corrected chi connectivity index (χ2v) is 4.65. The van der Waals surface area contributed by atoms with Crippen molar-refractivity contribution in [2.24, 2.45) is 0 Å². The number of aromatic carboxylic acids is 1. The van der Waals surface area contributed by atoms with E-state index in [9.17, 15) is 9.90 Å². The van der Waals surface area contributed by atoms with Gasteiger partial charge in [0.25, 0.3) is 0 Å². The second-order valence-electron chi connectivity index (χ2n) is 4.65. The first kappa shape index (κ1) is 14.9. The van der Waals surface area contributed by atoms with Crippen molar-refractivity contribution in [2.75, 3.05) is 11.9 Å². The van der Waals surface area contributed by atoms with E-state index in [0.29, 0.717) is 18.8 Å². The molecule has 0 aliphatic carbocycles. The minimum atomic E-state index is -1.11. The smallest absolute Gasteiger partial charge is 0.356 e. The van der Waals surface area contributed by atoms with E-state index in [1.807, 2.05) is 30.3 Å².